The lowest BCUT2D eigenvalue weighted by molar-refractivity contribution is 0.183. The van der Waals surface area contributed by atoms with Crippen molar-refractivity contribution in [3.05, 3.63) is 71.7 Å². The van der Waals surface area contributed by atoms with E-state index in [2.05, 4.69) is 10.5 Å². The number of nitrogens with zero attached hydrogens (tertiary/aromatic N) is 3. The van der Waals surface area contributed by atoms with E-state index >= 15 is 0 Å². The van der Waals surface area contributed by atoms with Crippen LogP contribution in [0.4, 0.5) is 0 Å². The molecular weight excluding hydrogens is 412 g/mol. The summed E-state index contributed by atoms with van der Waals surface area (Å²) in [6.45, 7) is 3.17. The maximum Gasteiger partial charge on any atom is 0.258 e. The van der Waals surface area contributed by atoms with Crippen LogP contribution in [0, 0.1) is 0 Å². The summed E-state index contributed by atoms with van der Waals surface area (Å²) in [7, 11) is 3.32. The van der Waals surface area contributed by atoms with Crippen LogP contribution in [-0.4, -0.2) is 47.5 Å². The average Bonchev–Trinajstić information content (AvgIpc) is 3.29. The quantitative estimate of drug-likeness (QED) is 0.556. The van der Waals surface area contributed by atoms with E-state index in [9.17, 15) is 0 Å². The van der Waals surface area contributed by atoms with Crippen LogP contribution in [0.2, 0.25) is 0 Å². The van der Waals surface area contributed by atoms with Gasteiger partial charge in [0.1, 0.15) is 5.75 Å². The van der Waals surface area contributed by atoms with E-state index < -0.39 is 0 Å². The lowest BCUT2D eigenvalue weighted by Gasteiger charge is -2.37. The Balaban J connectivity index is 1.78. The normalized spacial score (nSPS) is 16.4. The van der Waals surface area contributed by atoms with Crippen molar-refractivity contribution in [1.29, 1.82) is 0 Å². The van der Waals surface area contributed by atoms with Gasteiger partial charge in [0.05, 0.1) is 25.3 Å². The minimum atomic E-state index is -0.235. The average molecular weight is 437 g/mol. The second kappa shape index (κ2) is 9.28. The summed E-state index contributed by atoms with van der Waals surface area (Å²) in [4.78, 5) is 6.70. The Morgan fingerprint density at radius 3 is 2.52 bits per heavy atom. The molecule has 0 radical (unpaired) electrons. The molecule has 0 spiro atoms. The maximum atomic E-state index is 5.73. The Hall–Kier alpha value is -3.23. The molecule has 7 nitrogen and oxygen atoms in total. The van der Waals surface area contributed by atoms with E-state index in [4.69, 9.17) is 31.2 Å². The van der Waals surface area contributed by atoms with Gasteiger partial charge in [0, 0.05) is 24.9 Å². The molecular formula is C23H24N4O3S. The van der Waals surface area contributed by atoms with Crippen molar-refractivity contribution in [2.75, 3.05) is 27.4 Å². The van der Waals surface area contributed by atoms with E-state index in [0.29, 0.717) is 30.0 Å². The van der Waals surface area contributed by atoms with Gasteiger partial charge in [-0.25, -0.2) is 0 Å². The third-order valence-corrected chi connectivity index (χ3v) is 5.59. The van der Waals surface area contributed by atoms with Crippen molar-refractivity contribution in [3.8, 4) is 17.1 Å². The molecule has 1 aliphatic rings. The van der Waals surface area contributed by atoms with Crippen LogP contribution in [-0.2, 0) is 4.74 Å². The molecule has 0 amide bonds. The highest BCUT2D eigenvalue weighted by Gasteiger charge is 2.34. The highest BCUT2D eigenvalue weighted by atomic mass is 32.1. The third kappa shape index (κ3) is 4.30. The molecule has 2 heterocycles. The Labute approximate surface area is 186 Å². The molecule has 3 aromatic rings. The van der Waals surface area contributed by atoms with Gasteiger partial charge in [-0.2, -0.15) is 4.98 Å². The zero-order valence-electron chi connectivity index (χ0n) is 17.7. The second-order valence-corrected chi connectivity index (χ2v) is 7.48. The molecule has 0 aliphatic carbocycles. The van der Waals surface area contributed by atoms with Gasteiger partial charge in [-0.15, -0.1) is 0 Å². The Morgan fingerprint density at radius 1 is 1.10 bits per heavy atom. The van der Waals surface area contributed by atoms with E-state index in [1.807, 2.05) is 66.4 Å². The van der Waals surface area contributed by atoms with Gasteiger partial charge in [-0.3, -0.25) is 0 Å². The smallest absolute Gasteiger partial charge is 0.258 e. The molecule has 2 aromatic carbocycles. The van der Waals surface area contributed by atoms with Crippen LogP contribution in [0.1, 0.15) is 24.4 Å². The summed E-state index contributed by atoms with van der Waals surface area (Å²) in [5.41, 5.74) is 3.74. The van der Waals surface area contributed by atoms with Crippen LogP contribution in [0.25, 0.3) is 17.0 Å². The molecule has 0 saturated carbocycles. The monoisotopic (exact) mass is 436 g/mol. The molecule has 8 heteroatoms. The molecule has 0 saturated heterocycles. The number of hydrogen-bond acceptors (Lipinski definition) is 6. The minimum absolute atomic E-state index is 0.235. The molecule has 0 fully saturated rings. The number of hydrogen-bond donors (Lipinski definition) is 1. The Kier molecular flexibility index (Phi) is 6.29. The first-order valence-electron chi connectivity index (χ1n) is 9.93. The first-order chi connectivity index (χ1) is 15.1. The zero-order valence-corrected chi connectivity index (χ0v) is 18.5. The number of ether oxygens (including phenoxy) is 2. The fourth-order valence-corrected chi connectivity index (χ4v) is 3.94. The summed E-state index contributed by atoms with van der Waals surface area (Å²) >= 11 is 5.66. The molecule has 1 atom stereocenters. The number of rotatable bonds is 7. The first kappa shape index (κ1) is 21.0. The van der Waals surface area contributed by atoms with Crippen LogP contribution < -0.4 is 10.1 Å². The van der Waals surface area contributed by atoms with E-state index in [1.54, 1.807) is 14.2 Å². The number of aromatic nitrogens is 2. The summed E-state index contributed by atoms with van der Waals surface area (Å²) in [5, 5.41) is 8.27. The molecule has 1 unspecified atom stereocenters. The fraction of sp³-hybridized carbons (Fsp3) is 0.261. The summed E-state index contributed by atoms with van der Waals surface area (Å²) in [6.07, 6.45) is 0. The topological polar surface area (TPSA) is 72.7 Å². The lowest BCUT2D eigenvalue weighted by Crippen LogP contribution is -2.47. The van der Waals surface area contributed by atoms with Gasteiger partial charge in [0.25, 0.3) is 5.89 Å². The Bertz CT molecular complexity index is 1080. The number of methoxy groups -OCH3 is 2. The highest BCUT2D eigenvalue weighted by molar-refractivity contribution is 7.80. The minimum Gasteiger partial charge on any atom is -0.497 e. The first-order valence-corrected chi connectivity index (χ1v) is 10.3. The number of allylic oxidation sites excluding steroid dienone is 1. The predicted molar refractivity (Wildman–Crippen MR) is 122 cm³/mol. The molecule has 1 aromatic heterocycles. The number of benzene rings is 2. The highest BCUT2D eigenvalue weighted by Crippen LogP contribution is 2.37. The summed E-state index contributed by atoms with van der Waals surface area (Å²) in [6, 6.07) is 17.4. The number of thiocarbonyl (C=S) groups is 1. The molecule has 4 rings (SSSR count). The summed E-state index contributed by atoms with van der Waals surface area (Å²) in [5.74, 6) is 1.78. The van der Waals surface area contributed by atoms with Crippen LogP contribution in [0.5, 0.6) is 5.75 Å². The zero-order chi connectivity index (χ0) is 21.8. The van der Waals surface area contributed by atoms with Crippen molar-refractivity contribution < 1.29 is 14.0 Å². The SMILES string of the molecule is COCCN1C(=S)NC(c2ccc(OC)cc2)C(c2nc(-c3ccccc3)no2)=C1C. The van der Waals surface area contributed by atoms with Gasteiger partial charge in [-0.05, 0) is 36.8 Å². The predicted octanol–water partition coefficient (Wildman–Crippen LogP) is 4.05. The number of nitrogens with one attached hydrogen (secondary N) is 1. The van der Waals surface area contributed by atoms with Gasteiger partial charge in [0.2, 0.25) is 5.82 Å². The van der Waals surface area contributed by atoms with Crippen molar-refractivity contribution >= 4 is 22.9 Å². The second-order valence-electron chi connectivity index (χ2n) is 7.09. The van der Waals surface area contributed by atoms with Gasteiger partial charge in [-0.1, -0.05) is 47.6 Å². The largest absolute Gasteiger partial charge is 0.497 e. The molecule has 1 N–H and O–H groups in total. The van der Waals surface area contributed by atoms with E-state index in [1.165, 1.54) is 0 Å². The molecule has 31 heavy (non-hydrogen) atoms. The standard InChI is InChI=1S/C23H24N4O3S/c1-15-19(22-25-21(26-30-22)17-7-5-4-6-8-17)20(16-9-11-18(29-3)12-10-16)24-23(31)27(15)13-14-28-2/h4-12,20H,13-14H2,1-3H3,(H,24,31). The van der Waals surface area contributed by atoms with Crippen LogP contribution in [0.15, 0.2) is 64.8 Å². The lowest BCUT2D eigenvalue weighted by atomic mass is 9.94. The van der Waals surface area contributed by atoms with Crippen LogP contribution in [0.3, 0.4) is 0 Å². The van der Waals surface area contributed by atoms with Crippen molar-refractivity contribution in [2.24, 2.45) is 0 Å². The van der Waals surface area contributed by atoms with Gasteiger partial charge < -0.3 is 24.2 Å². The van der Waals surface area contributed by atoms with Gasteiger partial charge >= 0.3 is 0 Å². The van der Waals surface area contributed by atoms with E-state index in [-0.39, 0.29) is 6.04 Å². The van der Waals surface area contributed by atoms with Crippen molar-refractivity contribution in [2.45, 2.75) is 13.0 Å². The van der Waals surface area contributed by atoms with Crippen molar-refractivity contribution in [3.63, 3.8) is 0 Å². The molecule has 160 valence electrons. The van der Waals surface area contributed by atoms with Gasteiger partial charge in [0.15, 0.2) is 5.11 Å². The maximum absolute atomic E-state index is 5.73. The third-order valence-electron chi connectivity index (χ3n) is 5.25. The fourth-order valence-electron chi connectivity index (χ4n) is 3.59. The van der Waals surface area contributed by atoms with Crippen LogP contribution >= 0.6 is 12.2 Å². The molecule has 0 bridgehead atoms. The van der Waals surface area contributed by atoms with E-state index in [0.717, 1.165) is 28.1 Å². The summed E-state index contributed by atoms with van der Waals surface area (Å²) < 4.78 is 16.3. The molecule has 1 aliphatic heterocycles. The van der Waals surface area contributed by atoms with Crippen molar-refractivity contribution in [1.82, 2.24) is 20.4 Å². The Morgan fingerprint density at radius 2 is 1.84 bits per heavy atom.